The van der Waals surface area contributed by atoms with Crippen LogP contribution < -0.4 is 15.8 Å². The molecule has 2 rings (SSSR count). The molecule has 1 aliphatic carbocycles. The standard InChI is InChI=1S/C16H23BrN2O2.ClH/c1-21-15-7-5-11(9-13(15)17)6-8-16(20)19-14-4-2-3-12(14)10-18;/h5,7,9,12,14H,2-4,6,8,10,18H2,1H3,(H,19,20);1H. The topological polar surface area (TPSA) is 64.3 Å². The normalized spacial score (nSPS) is 20.3. The maximum absolute atomic E-state index is 12.1. The molecule has 0 radical (unpaired) electrons. The van der Waals surface area contributed by atoms with Gasteiger partial charge >= 0.3 is 0 Å². The highest BCUT2D eigenvalue weighted by atomic mass is 79.9. The zero-order valence-electron chi connectivity index (χ0n) is 12.8. The zero-order valence-corrected chi connectivity index (χ0v) is 15.2. The van der Waals surface area contributed by atoms with Crippen molar-refractivity contribution in [3.8, 4) is 5.75 Å². The van der Waals surface area contributed by atoms with E-state index in [2.05, 4.69) is 21.2 Å². The molecule has 2 unspecified atom stereocenters. The summed E-state index contributed by atoms with van der Waals surface area (Å²) in [5.74, 6) is 1.37. The summed E-state index contributed by atoms with van der Waals surface area (Å²) in [5, 5.41) is 3.13. The van der Waals surface area contributed by atoms with Crippen molar-refractivity contribution in [2.45, 2.75) is 38.1 Å². The molecular weight excluding hydrogens is 368 g/mol. The number of carbonyl (C=O) groups is 1. The number of rotatable bonds is 6. The summed E-state index contributed by atoms with van der Waals surface area (Å²) in [7, 11) is 1.64. The van der Waals surface area contributed by atoms with Crippen LogP contribution >= 0.6 is 28.3 Å². The SMILES string of the molecule is COc1ccc(CCC(=O)NC2CCCC2CN)cc1Br.Cl. The smallest absolute Gasteiger partial charge is 0.220 e. The van der Waals surface area contributed by atoms with Crippen molar-refractivity contribution in [2.24, 2.45) is 11.7 Å². The predicted octanol–water partition coefficient (Wildman–Crippen LogP) is 3.06. The van der Waals surface area contributed by atoms with Crippen molar-refractivity contribution in [3.05, 3.63) is 28.2 Å². The Labute approximate surface area is 146 Å². The highest BCUT2D eigenvalue weighted by molar-refractivity contribution is 9.10. The van der Waals surface area contributed by atoms with Crippen molar-refractivity contribution in [3.63, 3.8) is 0 Å². The van der Waals surface area contributed by atoms with Crippen LogP contribution in [0.2, 0.25) is 0 Å². The van der Waals surface area contributed by atoms with Gasteiger partial charge in [-0.3, -0.25) is 4.79 Å². The fraction of sp³-hybridized carbons (Fsp3) is 0.562. The second kappa shape index (κ2) is 9.38. The number of amides is 1. The van der Waals surface area contributed by atoms with Crippen molar-refractivity contribution in [1.82, 2.24) is 5.32 Å². The first-order valence-electron chi connectivity index (χ1n) is 7.46. The van der Waals surface area contributed by atoms with Crippen LogP contribution in [-0.4, -0.2) is 25.6 Å². The van der Waals surface area contributed by atoms with Crippen LogP contribution in [0.25, 0.3) is 0 Å². The van der Waals surface area contributed by atoms with Crippen LogP contribution in [0.4, 0.5) is 0 Å². The van der Waals surface area contributed by atoms with E-state index in [0.29, 0.717) is 18.9 Å². The van der Waals surface area contributed by atoms with Crippen LogP contribution in [0.1, 0.15) is 31.2 Å². The van der Waals surface area contributed by atoms with Gasteiger partial charge in [0.05, 0.1) is 11.6 Å². The summed E-state index contributed by atoms with van der Waals surface area (Å²) in [5.41, 5.74) is 6.87. The van der Waals surface area contributed by atoms with E-state index in [1.807, 2.05) is 18.2 Å². The third-order valence-electron chi connectivity index (χ3n) is 4.17. The van der Waals surface area contributed by atoms with Crippen molar-refractivity contribution >= 4 is 34.2 Å². The molecule has 124 valence electrons. The summed E-state index contributed by atoms with van der Waals surface area (Å²) < 4.78 is 6.12. The largest absolute Gasteiger partial charge is 0.496 e. The Hall–Kier alpha value is -0.780. The van der Waals surface area contributed by atoms with E-state index >= 15 is 0 Å². The van der Waals surface area contributed by atoms with Crippen LogP contribution in [0.3, 0.4) is 0 Å². The minimum atomic E-state index is 0. The summed E-state index contributed by atoms with van der Waals surface area (Å²) in [6.07, 6.45) is 4.59. The third kappa shape index (κ3) is 5.14. The van der Waals surface area contributed by atoms with Gasteiger partial charge in [-0.15, -0.1) is 12.4 Å². The fourth-order valence-corrected chi connectivity index (χ4v) is 3.50. The Morgan fingerprint density at radius 2 is 2.23 bits per heavy atom. The Balaban J connectivity index is 0.00000242. The van der Waals surface area contributed by atoms with Crippen LogP contribution in [0, 0.1) is 5.92 Å². The fourth-order valence-electron chi connectivity index (χ4n) is 2.91. The van der Waals surface area contributed by atoms with Crippen LogP contribution in [-0.2, 0) is 11.2 Å². The Bertz CT molecular complexity index is 499. The second-order valence-corrected chi connectivity index (χ2v) is 6.42. The van der Waals surface area contributed by atoms with Crippen LogP contribution in [0.15, 0.2) is 22.7 Å². The maximum atomic E-state index is 12.1. The highest BCUT2D eigenvalue weighted by Gasteiger charge is 2.26. The number of aryl methyl sites for hydroxylation is 1. The van der Waals surface area contributed by atoms with Crippen molar-refractivity contribution in [2.75, 3.05) is 13.7 Å². The van der Waals surface area contributed by atoms with Gasteiger partial charge in [0.25, 0.3) is 0 Å². The monoisotopic (exact) mass is 390 g/mol. The average molecular weight is 392 g/mol. The first-order valence-corrected chi connectivity index (χ1v) is 8.25. The second-order valence-electron chi connectivity index (χ2n) is 5.57. The molecule has 6 heteroatoms. The van der Waals surface area contributed by atoms with Gasteiger partial charge in [0.2, 0.25) is 5.91 Å². The molecule has 4 nitrogen and oxygen atoms in total. The highest BCUT2D eigenvalue weighted by Crippen LogP contribution is 2.26. The number of methoxy groups -OCH3 is 1. The van der Waals surface area contributed by atoms with Crippen molar-refractivity contribution in [1.29, 1.82) is 0 Å². The summed E-state index contributed by atoms with van der Waals surface area (Å²) >= 11 is 3.46. The Morgan fingerprint density at radius 1 is 1.45 bits per heavy atom. The molecule has 1 aromatic rings. The number of nitrogens with one attached hydrogen (secondary N) is 1. The molecule has 0 heterocycles. The van der Waals surface area contributed by atoms with Crippen LogP contribution in [0.5, 0.6) is 5.75 Å². The quantitative estimate of drug-likeness (QED) is 0.783. The Morgan fingerprint density at radius 3 is 2.86 bits per heavy atom. The van der Waals surface area contributed by atoms with E-state index in [1.54, 1.807) is 7.11 Å². The van der Waals surface area contributed by atoms with Gasteiger partial charge in [-0.1, -0.05) is 12.5 Å². The molecule has 0 aromatic heterocycles. The van der Waals surface area contributed by atoms with Gasteiger partial charge < -0.3 is 15.8 Å². The molecular formula is C16H24BrClN2O2. The lowest BCUT2D eigenvalue weighted by Gasteiger charge is -2.19. The summed E-state index contributed by atoms with van der Waals surface area (Å²) in [6.45, 7) is 0.663. The lowest BCUT2D eigenvalue weighted by atomic mass is 10.0. The number of halogens is 2. The van der Waals surface area contributed by atoms with Gasteiger partial charge in [0.15, 0.2) is 0 Å². The number of benzene rings is 1. The first kappa shape index (κ1) is 19.3. The number of nitrogens with two attached hydrogens (primary N) is 1. The predicted molar refractivity (Wildman–Crippen MR) is 94.6 cm³/mol. The van der Waals surface area contributed by atoms with E-state index in [1.165, 1.54) is 0 Å². The molecule has 0 spiro atoms. The zero-order chi connectivity index (χ0) is 15.2. The minimum absolute atomic E-state index is 0. The molecule has 1 fully saturated rings. The van der Waals surface area contributed by atoms with E-state index in [4.69, 9.17) is 10.5 Å². The minimum Gasteiger partial charge on any atom is -0.496 e. The van der Waals surface area contributed by atoms with Gasteiger partial charge in [-0.05, 0) is 65.4 Å². The molecule has 0 aliphatic heterocycles. The third-order valence-corrected chi connectivity index (χ3v) is 4.78. The maximum Gasteiger partial charge on any atom is 0.220 e. The van der Waals surface area contributed by atoms with E-state index in [0.717, 1.165) is 41.5 Å². The molecule has 1 amide bonds. The lowest BCUT2D eigenvalue weighted by molar-refractivity contribution is -0.122. The number of ether oxygens (including phenoxy) is 1. The van der Waals surface area contributed by atoms with Gasteiger partial charge in [0, 0.05) is 12.5 Å². The lowest BCUT2D eigenvalue weighted by Crippen LogP contribution is -2.39. The molecule has 1 aliphatic rings. The molecule has 2 atom stereocenters. The summed E-state index contributed by atoms with van der Waals surface area (Å²) in [4.78, 5) is 12.1. The number of carbonyl (C=O) groups excluding carboxylic acids is 1. The molecule has 1 aromatic carbocycles. The van der Waals surface area contributed by atoms with Gasteiger partial charge in [0.1, 0.15) is 5.75 Å². The molecule has 1 saturated carbocycles. The first-order chi connectivity index (χ1) is 10.1. The van der Waals surface area contributed by atoms with E-state index in [9.17, 15) is 4.79 Å². The molecule has 0 bridgehead atoms. The van der Waals surface area contributed by atoms with Crippen molar-refractivity contribution < 1.29 is 9.53 Å². The van der Waals surface area contributed by atoms with E-state index in [-0.39, 0.29) is 24.4 Å². The summed E-state index contributed by atoms with van der Waals surface area (Å²) in [6, 6.07) is 6.18. The molecule has 0 saturated heterocycles. The van der Waals surface area contributed by atoms with Gasteiger partial charge in [-0.25, -0.2) is 0 Å². The average Bonchev–Trinajstić information content (AvgIpc) is 2.92. The van der Waals surface area contributed by atoms with E-state index < -0.39 is 0 Å². The molecule has 22 heavy (non-hydrogen) atoms. The Kier molecular flexibility index (Phi) is 8.21. The molecule has 3 N–H and O–H groups in total. The number of hydrogen-bond acceptors (Lipinski definition) is 3. The van der Waals surface area contributed by atoms with Gasteiger partial charge in [-0.2, -0.15) is 0 Å². The number of hydrogen-bond donors (Lipinski definition) is 2.